The van der Waals surface area contributed by atoms with E-state index in [9.17, 15) is 4.79 Å². The number of aromatic amines is 1. The predicted octanol–water partition coefficient (Wildman–Crippen LogP) is 2.21. The van der Waals surface area contributed by atoms with Crippen molar-refractivity contribution in [3.63, 3.8) is 0 Å². The van der Waals surface area contributed by atoms with Crippen LogP contribution in [0, 0.1) is 0 Å². The fraction of sp³-hybridized carbons (Fsp3) is 0.550. The number of hydrogen-bond acceptors (Lipinski definition) is 5. The summed E-state index contributed by atoms with van der Waals surface area (Å²) in [6.07, 6.45) is 6.28. The van der Waals surface area contributed by atoms with Gasteiger partial charge in [-0.2, -0.15) is 0 Å². The maximum absolute atomic E-state index is 13.1. The number of fused-ring (bicyclic) bond motifs is 2. The van der Waals surface area contributed by atoms with Gasteiger partial charge in [-0.15, -0.1) is 0 Å². The minimum absolute atomic E-state index is 0.00232. The topological polar surface area (TPSA) is 74.3 Å². The largest absolute Gasteiger partial charge is 0.477 e. The number of hydrogen-bond donors (Lipinski definition) is 1. The van der Waals surface area contributed by atoms with Gasteiger partial charge in [0.2, 0.25) is 5.88 Å². The number of aromatic nitrogens is 3. The molecule has 4 rings (SSSR count). The highest BCUT2D eigenvalue weighted by Crippen LogP contribution is 2.42. The quantitative estimate of drug-likeness (QED) is 0.894. The van der Waals surface area contributed by atoms with Crippen LogP contribution in [0.15, 0.2) is 24.7 Å². The number of imidazole rings is 1. The van der Waals surface area contributed by atoms with E-state index < -0.39 is 0 Å². The van der Waals surface area contributed by atoms with Crippen molar-refractivity contribution in [2.24, 2.45) is 0 Å². The van der Waals surface area contributed by atoms with Crippen molar-refractivity contribution >= 4 is 5.91 Å². The van der Waals surface area contributed by atoms with Crippen molar-refractivity contribution in [3.8, 4) is 5.88 Å². The first-order chi connectivity index (χ1) is 13.2. The van der Waals surface area contributed by atoms with Crippen LogP contribution in [0.5, 0.6) is 5.88 Å². The molecule has 7 nitrogen and oxygen atoms in total. The first-order valence-corrected chi connectivity index (χ1v) is 9.84. The lowest BCUT2D eigenvalue weighted by Crippen LogP contribution is -2.57. The van der Waals surface area contributed by atoms with Crippen LogP contribution in [0.3, 0.4) is 0 Å². The summed E-state index contributed by atoms with van der Waals surface area (Å²) in [5.74, 6) is 0.426. The van der Waals surface area contributed by atoms with E-state index in [1.165, 1.54) is 11.4 Å². The molecule has 144 valence electrons. The molecule has 1 N–H and O–H groups in total. The van der Waals surface area contributed by atoms with Crippen LogP contribution in [-0.2, 0) is 12.0 Å². The molecule has 0 saturated carbocycles. The highest BCUT2D eigenvalue weighted by molar-refractivity contribution is 5.96. The smallest absolute Gasteiger partial charge is 0.259 e. The van der Waals surface area contributed by atoms with Crippen molar-refractivity contribution in [2.75, 3.05) is 32.8 Å². The van der Waals surface area contributed by atoms with Crippen LogP contribution in [-0.4, -0.2) is 63.4 Å². The zero-order chi connectivity index (χ0) is 18.9. The van der Waals surface area contributed by atoms with Crippen molar-refractivity contribution in [1.82, 2.24) is 24.8 Å². The van der Waals surface area contributed by atoms with Crippen molar-refractivity contribution < 1.29 is 9.53 Å². The maximum atomic E-state index is 13.1. The standard InChI is InChI=1S/C20H27N5O2/c1-3-25-11-7-16-17(23-14-22-16)20(25)8-12-24(13-9-20)19(26)15-6-5-10-21-18(15)27-4-2/h5-6,10,14H,3-4,7-9,11-13H2,1-2H3,(H,22,23). The Morgan fingerprint density at radius 1 is 1.26 bits per heavy atom. The number of likely N-dealkylation sites (N-methyl/N-ethyl adjacent to an activating group) is 1. The third-order valence-electron chi connectivity index (χ3n) is 5.94. The molecule has 1 spiro atoms. The van der Waals surface area contributed by atoms with E-state index in [1.807, 2.05) is 18.2 Å². The molecular formula is C20H27N5O2. The molecule has 1 fully saturated rings. The number of carbonyl (C=O) groups excluding carboxylic acids is 1. The number of H-pyrrole nitrogens is 1. The molecule has 27 heavy (non-hydrogen) atoms. The van der Waals surface area contributed by atoms with Crippen LogP contribution in [0.25, 0.3) is 0 Å². The Kier molecular flexibility index (Phi) is 4.86. The summed E-state index contributed by atoms with van der Waals surface area (Å²) >= 11 is 0. The summed E-state index contributed by atoms with van der Waals surface area (Å²) in [4.78, 5) is 29.8. The minimum Gasteiger partial charge on any atom is -0.477 e. The van der Waals surface area contributed by atoms with Gasteiger partial charge in [0.1, 0.15) is 5.56 Å². The van der Waals surface area contributed by atoms with Gasteiger partial charge >= 0.3 is 0 Å². The molecule has 1 saturated heterocycles. The average molecular weight is 369 g/mol. The van der Waals surface area contributed by atoms with Crippen LogP contribution in [0.2, 0.25) is 0 Å². The number of nitrogens with zero attached hydrogens (tertiary/aromatic N) is 4. The Bertz CT molecular complexity index is 810. The number of pyridine rings is 1. The second-order valence-electron chi connectivity index (χ2n) is 7.17. The van der Waals surface area contributed by atoms with Crippen molar-refractivity contribution in [1.29, 1.82) is 0 Å². The second kappa shape index (κ2) is 7.31. The summed E-state index contributed by atoms with van der Waals surface area (Å²) in [7, 11) is 0. The lowest BCUT2D eigenvalue weighted by atomic mass is 9.78. The summed E-state index contributed by atoms with van der Waals surface area (Å²) in [6.45, 7) is 8.06. The first kappa shape index (κ1) is 18.0. The molecule has 1 amide bonds. The van der Waals surface area contributed by atoms with Crippen molar-refractivity contribution in [2.45, 2.75) is 38.6 Å². The summed E-state index contributed by atoms with van der Waals surface area (Å²) in [6, 6.07) is 3.59. The average Bonchev–Trinajstić information content (AvgIpc) is 3.19. The SMILES string of the molecule is CCOc1ncccc1C(=O)N1CCC2(CC1)c1nc[nH]c1CCN2CC. The Hall–Kier alpha value is -2.41. The Morgan fingerprint density at radius 2 is 2.07 bits per heavy atom. The molecule has 0 bridgehead atoms. The summed E-state index contributed by atoms with van der Waals surface area (Å²) in [5.41, 5.74) is 2.92. The molecule has 0 aromatic carbocycles. The van der Waals surface area contributed by atoms with E-state index in [4.69, 9.17) is 4.74 Å². The van der Waals surface area contributed by atoms with Crippen LogP contribution in [0.1, 0.15) is 48.4 Å². The Balaban J connectivity index is 1.55. The lowest BCUT2D eigenvalue weighted by Gasteiger charge is -2.50. The number of piperidine rings is 1. The summed E-state index contributed by atoms with van der Waals surface area (Å²) < 4.78 is 5.55. The minimum atomic E-state index is -0.0587. The van der Waals surface area contributed by atoms with Crippen LogP contribution in [0.4, 0.5) is 0 Å². The number of rotatable bonds is 4. The van der Waals surface area contributed by atoms with Gasteiger partial charge in [-0.05, 0) is 38.4 Å². The second-order valence-corrected chi connectivity index (χ2v) is 7.17. The third-order valence-corrected chi connectivity index (χ3v) is 5.94. The van der Waals surface area contributed by atoms with Gasteiger partial charge in [0, 0.05) is 37.9 Å². The van der Waals surface area contributed by atoms with Gasteiger partial charge < -0.3 is 14.6 Å². The fourth-order valence-electron chi connectivity index (χ4n) is 4.59. The molecular weight excluding hydrogens is 342 g/mol. The van der Waals surface area contributed by atoms with Crippen LogP contribution >= 0.6 is 0 Å². The van der Waals surface area contributed by atoms with E-state index in [1.54, 1.807) is 18.3 Å². The number of likely N-dealkylation sites (tertiary alicyclic amines) is 1. The molecule has 7 heteroatoms. The molecule has 0 aliphatic carbocycles. The van der Waals surface area contributed by atoms with Gasteiger partial charge in [-0.25, -0.2) is 9.97 Å². The number of amides is 1. The zero-order valence-electron chi connectivity index (χ0n) is 16.1. The molecule has 2 aromatic rings. The normalized spacial score (nSPS) is 19.1. The molecule has 2 aliphatic rings. The molecule has 4 heterocycles. The molecule has 2 aromatic heterocycles. The van der Waals surface area contributed by atoms with E-state index in [0.29, 0.717) is 31.1 Å². The van der Waals surface area contributed by atoms with Gasteiger partial charge in [-0.1, -0.05) is 6.92 Å². The molecule has 2 aliphatic heterocycles. The molecule has 0 atom stereocenters. The van der Waals surface area contributed by atoms with Gasteiger partial charge in [0.25, 0.3) is 5.91 Å². The van der Waals surface area contributed by atoms with E-state index in [-0.39, 0.29) is 11.4 Å². The van der Waals surface area contributed by atoms with Crippen LogP contribution < -0.4 is 4.74 Å². The van der Waals surface area contributed by atoms with Gasteiger partial charge in [0.05, 0.1) is 24.2 Å². The highest BCUT2D eigenvalue weighted by atomic mass is 16.5. The third kappa shape index (κ3) is 3.00. The highest BCUT2D eigenvalue weighted by Gasteiger charge is 2.46. The zero-order valence-corrected chi connectivity index (χ0v) is 16.1. The first-order valence-electron chi connectivity index (χ1n) is 9.84. The van der Waals surface area contributed by atoms with E-state index in [2.05, 4.69) is 26.8 Å². The van der Waals surface area contributed by atoms with E-state index >= 15 is 0 Å². The van der Waals surface area contributed by atoms with E-state index in [0.717, 1.165) is 32.4 Å². The fourth-order valence-corrected chi connectivity index (χ4v) is 4.59. The number of carbonyl (C=O) groups is 1. The van der Waals surface area contributed by atoms with Crippen molar-refractivity contribution in [3.05, 3.63) is 41.6 Å². The molecule has 0 radical (unpaired) electrons. The Labute approximate surface area is 159 Å². The Morgan fingerprint density at radius 3 is 2.81 bits per heavy atom. The monoisotopic (exact) mass is 369 g/mol. The molecule has 0 unspecified atom stereocenters. The maximum Gasteiger partial charge on any atom is 0.259 e. The van der Waals surface area contributed by atoms with Gasteiger partial charge in [-0.3, -0.25) is 9.69 Å². The van der Waals surface area contributed by atoms with Gasteiger partial charge in [0.15, 0.2) is 0 Å². The number of ether oxygens (including phenoxy) is 1. The summed E-state index contributed by atoms with van der Waals surface area (Å²) in [5, 5.41) is 0. The number of nitrogens with one attached hydrogen (secondary N) is 1. The lowest BCUT2D eigenvalue weighted by molar-refractivity contribution is 0.0101. The predicted molar refractivity (Wildman–Crippen MR) is 102 cm³/mol.